The lowest BCUT2D eigenvalue weighted by molar-refractivity contribution is 0.0728. The molecule has 5 nitrogen and oxygen atoms in total. The highest BCUT2D eigenvalue weighted by Gasteiger charge is 2.23. The first-order chi connectivity index (χ1) is 13.1. The number of rotatable bonds is 3. The van der Waals surface area contributed by atoms with Crippen LogP contribution in [0.25, 0.3) is 0 Å². The molecule has 0 unspecified atom stereocenters. The summed E-state index contributed by atoms with van der Waals surface area (Å²) in [6, 6.07) is 17.3. The van der Waals surface area contributed by atoms with Gasteiger partial charge in [-0.25, -0.2) is 9.97 Å². The Labute approximate surface area is 163 Å². The molecule has 0 radical (unpaired) electrons. The van der Waals surface area contributed by atoms with Gasteiger partial charge in [0.05, 0.1) is 0 Å². The number of carbonyl (C=O) groups is 1. The fourth-order valence-electron chi connectivity index (χ4n) is 3.23. The van der Waals surface area contributed by atoms with Gasteiger partial charge in [-0.1, -0.05) is 35.9 Å². The van der Waals surface area contributed by atoms with E-state index >= 15 is 0 Å². The van der Waals surface area contributed by atoms with E-state index in [1.807, 2.05) is 36.1 Å². The van der Waals surface area contributed by atoms with Crippen LogP contribution >= 0.6 is 11.6 Å². The molecule has 0 fully saturated rings. The Morgan fingerprint density at radius 1 is 1.07 bits per heavy atom. The molecule has 3 aromatic rings. The van der Waals surface area contributed by atoms with Crippen LogP contribution in [0.15, 0.2) is 54.6 Å². The molecule has 27 heavy (non-hydrogen) atoms. The second-order valence-corrected chi connectivity index (χ2v) is 7.03. The van der Waals surface area contributed by atoms with Crippen LogP contribution in [0.1, 0.15) is 27.3 Å². The monoisotopic (exact) mass is 378 g/mol. The zero-order valence-electron chi connectivity index (χ0n) is 14.9. The lowest BCUT2D eigenvalue weighted by Gasteiger charge is -2.28. The predicted octanol–water partition coefficient (Wildman–Crippen LogP) is 4.38. The number of anilines is 2. The summed E-state index contributed by atoms with van der Waals surface area (Å²) in [5.41, 5.74) is 4.46. The van der Waals surface area contributed by atoms with E-state index in [9.17, 15) is 4.79 Å². The summed E-state index contributed by atoms with van der Waals surface area (Å²) in [6.07, 6.45) is 0.863. The number of nitrogens with one attached hydrogen (secondary N) is 1. The molecule has 2 aromatic carbocycles. The minimum absolute atomic E-state index is 0.0749. The van der Waals surface area contributed by atoms with Gasteiger partial charge in [0, 0.05) is 29.5 Å². The highest BCUT2D eigenvalue weighted by Crippen LogP contribution is 2.21. The number of amides is 1. The summed E-state index contributed by atoms with van der Waals surface area (Å²) in [7, 11) is 0. The van der Waals surface area contributed by atoms with Crippen molar-refractivity contribution in [1.82, 2.24) is 14.9 Å². The van der Waals surface area contributed by atoms with Gasteiger partial charge in [0.2, 0.25) is 5.95 Å². The van der Waals surface area contributed by atoms with Crippen LogP contribution in [0, 0.1) is 6.92 Å². The number of aromatic nitrogens is 2. The predicted molar refractivity (Wildman–Crippen MR) is 106 cm³/mol. The van der Waals surface area contributed by atoms with E-state index in [4.69, 9.17) is 11.6 Å². The van der Waals surface area contributed by atoms with Crippen molar-refractivity contribution in [3.05, 3.63) is 82.1 Å². The third-order valence-corrected chi connectivity index (χ3v) is 4.84. The highest BCUT2D eigenvalue weighted by atomic mass is 35.5. The van der Waals surface area contributed by atoms with Crippen LogP contribution < -0.4 is 5.32 Å². The van der Waals surface area contributed by atoms with Gasteiger partial charge in [-0.15, -0.1) is 0 Å². The average molecular weight is 379 g/mol. The van der Waals surface area contributed by atoms with Crippen LogP contribution in [0.5, 0.6) is 0 Å². The van der Waals surface area contributed by atoms with Gasteiger partial charge >= 0.3 is 0 Å². The van der Waals surface area contributed by atoms with E-state index in [0.29, 0.717) is 29.8 Å². The minimum atomic E-state index is -0.0749. The smallest absolute Gasteiger partial charge is 0.272 e. The van der Waals surface area contributed by atoms with Gasteiger partial charge in [0.1, 0.15) is 5.69 Å². The number of benzene rings is 2. The van der Waals surface area contributed by atoms with Crippen molar-refractivity contribution < 1.29 is 4.79 Å². The molecule has 2 heterocycles. The van der Waals surface area contributed by atoms with Crippen LogP contribution in [-0.2, 0) is 13.0 Å². The van der Waals surface area contributed by atoms with Gasteiger partial charge in [-0.2, -0.15) is 0 Å². The first kappa shape index (κ1) is 17.5. The molecule has 1 aliphatic rings. The van der Waals surface area contributed by atoms with Crippen molar-refractivity contribution in [1.29, 1.82) is 0 Å². The minimum Gasteiger partial charge on any atom is -0.333 e. The van der Waals surface area contributed by atoms with Crippen molar-refractivity contribution in [2.75, 3.05) is 11.9 Å². The van der Waals surface area contributed by atoms with Crippen molar-refractivity contribution in [3.63, 3.8) is 0 Å². The maximum absolute atomic E-state index is 13.0. The molecule has 0 aliphatic carbocycles. The third-order valence-electron chi connectivity index (χ3n) is 4.59. The molecule has 0 saturated heterocycles. The standard InChI is InChI=1S/C21H19ClN4O/c1-14-12-19(25-21(23-14)24-18-8-6-17(22)7-9-18)20(27)26-11-10-15-4-2-3-5-16(15)13-26/h2-9,12H,10-11,13H2,1H3,(H,23,24,25). The van der Waals surface area contributed by atoms with Gasteiger partial charge in [0.25, 0.3) is 5.91 Å². The molecule has 1 aliphatic heterocycles. The summed E-state index contributed by atoms with van der Waals surface area (Å²) in [6.45, 7) is 3.16. The normalized spacial score (nSPS) is 13.2. The SMILES string of the molecule is Cc1cc(C(=O)N2CCc3ccccc3C2)nc(Nc2ccc(Cl)cc2)n1. The Bertz CT molecular complexity index is 988. The topological polar surface area (TPSA) is 58.1 Å². The molecule has 136 valence electrons. The van der Waals surface area contributed by atoms with Gasteiger partial charge < -0.3 is 10.2 Å². The summed E-state index contributed by atoms with van der Waals surface area (Å²) < 4.78 is 0. The Hall–Kier alpha value is -2.92. The van der Waals surface area contributed by atoms with E-state index in [-0.39, 0.29) is 5.91 Å². The summed E-state index contributed by atoms with van der Waals surface area (Å²) >= 11 is 5.92. The number of fused-ring (bicyclic) bond motifs is 1. The van der Waals surface area contributed by atoms with Crippen LogP contribution in [0.4, 0.5) is 11.6 Å². The number of hydrogen-bond acceptors (Lipinski definition) is 4. The number of hydrogen-bond donors (Lipinski definition) is 1. The molecule has 0 atom stereocenters. The zero-order chi connectivity index (χ0) is 18.8. The van der Waals surface area contributed by atoms with Gasteiger partial charge in [-0.3, -0.25) is 4.79 Å². The maximum Gasteiger partial charge on any atom is 0.272 e. The Kier molecular flexibility index (Phi) is 4.77. The number of halogens is 1. The number of nitrogens with zero attached hydrogens (tertiary/aromatic N) is 3. The van der Waals surface area contributed by atoms with E-state index in [2.05, 4.69) is 27.4 Å². The molecule has 0 saturated carbocycles. The zero-order valence-corrected chi connectivity index (χ0v) is 15.7. The highest BCUT2D eigenvalue weighted by molar-refractivity contribution is 6.30. The van der Waals surface area contributed by atoms with Crippen molar-refractivity contribution in [2.45, 2.75) is 19.9 Å². The molecular formula is C21H19ClN4O. The van der Waals surface area contributed by atoms with E-state index in [0.717, 1.165) is 17.8 Å². The number of aryl methyl sites for hydroxylation is 1. The Balaban J connectivity index is 1.56. The molecule has 4 rings (SSSR count). The quantitative estimate of drug-likeness (QED) is 0.734. The molecule has 1 amide bonds. The third kappa shape index (κ3) is 3.93. The van der Waals surface area contributed by atoms with Crippen LogP contribution in [-0.4, -0.2) is 27.3 Å². The van der Waals surface area contributed by atoms with Gasteiger partial charge in [0.15, 0.2) is 0 Å². The molecule has 0 bridgehead atoms. The van der Waals surface area contributed by atoms with Crippen molar-refractivity contribution >= 4 is 29.1 Å². The largest absolute Gasteiger partial charge is 0.333 e. The van der Waals surface area contributed by atoms with E-state index in [1.165, 1.54) is 11.1 Å². The summed E-state index contributed by atoms with van der Waals surface area (Å²) in [4.78, 5) is 23.7. The molecule has 1 N–H and O–H groups in total. The van der Waals surface area contributed by atoms with E-state index in [1.54, 1.807) is 18.2 Å². The second kappa shape index (κ2) is 7.37. The van der Waals surface area contributed by atoms with Crippen molar-refractivity contribution in [2.24, 2.45) is 0 Å². The molecule has 6 heteroatoms. The van der Waals surface area contributed by atoms with Crippen LogP contribution in [0.2, 0.25) is 5.02 Å². The second-order valence-electron chi connectivity index (χ2n) is 6.60. The van der Waals surface area contributed by atoms with Crippen molar-refractivity contribution in [3.8, 4) is 0 Å². The summed E-state index contributed by atoms with van der Waals surface area (Å²) in [5.74, 6) is 0.326. The van der Waals surface area contributed by atoms with E-state index < -0.39 is 0 Å². The fraction of sp³-hybridized carbons (Fsp3) is 0.190. The fourth-order valence-corrected chi connectivity index (χ4v) is 3.35. The maximum atomic E-state index is 13.0. The van der Waals surface area contributed by atoms with Gasteiger partial charge in [-0.05, 0) is 54.8 Å². The Morgan fingerprint density at radius 3 is 2.59 bits per heavy atom. The Morgan fingerprint density at radius 2 is 1.81 bits per heavy atom. The average Bonchev–Trinajstić information content (AvgIpc) is 2.68. The summed E-state index contributed by atoms with van der Waals surface area (Å²) in [5, 5.41) is 3.79. The molecule has 1 aromatic heterocycles. The number of carbonyl (C=O) groups excluding carboxylic acids is 1. The van der Waals surface area contributed by atoms with Crippen LogP contribution in [0.3, 0.4) is 0 Å². The first-order valence-corrected chi connectivity index (χ1v) is 9.20. The lowest BCUT2D eigenvalue weighted by atomic mass is 10.00. The lowest BCUT2D eigenvalue weighted by Crippen LogP contribution is -2.36. The molecule has 0 spiro atoms. The molecular weight excluding hydrogens is 360 g/mol. The first-order valence-electron chi connectivity index (χ1n) is 8.83.